The van der Waals surface area contributed by atoms with Crippen molar-refractivity contribution in [2.45, 2.75) is 13.8 Å². The third kappa shape index (κ3) is 4.20. The number of hydrogen-bond acceptors (Lipinski definition) is 3. The average molecular weight is 249 g/mol. The number of thiophene rings is 1. The number of halogens is 1. The van der Waals surface area contributed by atoms with Crippen LogP contribution in [0.3, 0.4) is 0 Å². The molecule has 3 N–H and O–H groups in total. The lowest BCUT2D eigenvalue weighted by Gasteiger charge is -2.09. The Morgan fingerprint density at radius 2 is 2.27 bits per heavy atom. The van der Waals surface area contributed by atoms with Gasteiger partial charge in [0.2, 0.25) is 0 Å². The molecule has 0 fully saturated rings. The van der Waals surface area contributed by atoms with E-state index in [-0.39, 0.29) is 18.3 Å². The highest BCUT2D eigenvalue weighted by molar-refractivity contribution is 7.08. The fraction of sp³-hybridized carbons (Fsp3) is 0.500. The SMILES string of the molecule is Cc1cscc1C(=O)NCC(C)CN.Cl. The van der Waals surface area contributed by atoms with Crippen molar-refractivity contribution < 1.29 is 4.79 Å². The summed E-state index contributed by atoms with van der Waals surface area (Å²) in [7, 11) is 0. The molecule has 3 nitrogen and oxygen atoms in total. The summed E-state index contributed by atoms with van der Waals surface area (Å²) < 4.78 is 0. The second-order valence-corrected chi connectivity index (χ2v) is 4.26. The quantitative estimate of drug-likeness (QED) is 0.854. The van der Waals surface area contributed by atoms with Crippen LogP contribution in [0.5, 0.6) is 0 Å². The van der Waals surface area contributed by atoms with Gasteiger partial charge in [0.15, 0.2) is 0 Å². The Labute approximate surface area is 100 Å². The van der Waals surface area contributed by atoms with Crippen molar-refractivity contribution in [1.82, 2.24) is 5.32 Å². The zero-order chi connectivity index (χ0) is 10.6. The molecule has 1 atom stereocenters. The minimum Gasteiger partial charge on any atom is -0.352 e. The van der Waals surface area contributed by atoms with Crippen LogP contribution in [0.2, 0.25) is 0 Å². The van der Waals surface area contributed by atoms with Gasteiger partial charge in [-0.15, -0.1) is 12.4 Å². The maximum atomic E-state index is 11.6. The molecule has 0 aliphatic carbocycles. The molecule has 1 amide bonds. The van der Waals surface area contributed by atoms with E-state index in [1.54, 1.807) is 11.3 Å². The Morgan fingerprint density at radius 1 is 1.60 bits per heavy atom. The third-order valence-corrected chi connectivity index (χ3v) is 2.98. The lowest BCUT2D eigenvalue weighted by molar-refractivity contribution is 0.0948. The number of hydrogen-bond donors (Lipinski definition) is 2. The van der Waals surface area contributed by atoms with E-state index in [1.165, 1.54) is 0 Å². The van der Waals surface area contributed by atoms with E-state index in [9.17, 15) is 4.79 Å². The number of nitrogens with one attached hydrogen (secondary N) is 1. The van der Waals surface area contributed by atoms with E-state index in [2.05, 4.69) is 5.32 Å². The minimum atomic E-state index is 0. The van der Waals surface area contributed by atoms with Crippen molar-refractivity contribution in [2.75, 3.05) is 13.1 Å². The van der Waals surface area contributed by atoms with Gasteiger partial charge < -0.3 is 11.1 Å². The van der Waals surface area contributed by atoms with E-state index < -0.39 is 0 Å². The maximum Gasteiger partial charge on any atom is 0.252 e. The van der Waals surface area contributed by atoms with Crippen molar-refractivity contribution in [3.63, 3.8) is 0 Å². The van der Waals surface area contributed by atoms with Crippen LogP contribution in [0.15, 0.2) is 10.8 Å². The highest BCUT2D eigenvalue weighted by Crippen LogP contribution is 2.13. The highest BCUT2D eigenvalue weighted by atomic mass is 35.5. The minimum absolute atomic E-state index is 0. The van der Waals surface area contributed by atoms with E-state index in [4.69, 9.17) is 5.73 Å². The van der Waals surface area contributed by atoms with Crippen molar-refractivity contribution >= 4 is 29.7 Å². The molecule has 0 aliphatic heterocycles. The Bertz CT molecular complexity index is 314. The van der Waals surface area contributed by atoms with Crippen LogP contribution in [0.25, 0.3) is 0 Å². The zero-order valence-corrected chi connectivity index (χ0v) is 10.6. The summed E-state index contributed by atoms with van der Waals surface area (Å²) in [5.74, 6) is 0.335. The van der Waals surface area contributed by atoms with Crippen LogP contribution >= 0.6 is 23.7 Å². The first kappa shape index (κ1) is 14.4. The van der Waals surface area contributed by atoms with Gasteiger partial charge in [-0.3, -0.25) is 4.79 Å². The molecule has 1 aromatic heterocycles. The molecule has 0 saturated carbocycles. The molecular formula is C10H17ClN2OS. The Morgan fingerprint density at radius 3 is 2.73 bits per heavy atom. The van der Waals surface area contributed by atoms with Gasteiger partial charge in [0.05, 0.1) is 5.56 Å². The maximum absolute atomic E-state index is 11.6. The molecule has 5 heteroatoms. The first-order valence-electron chi connectivity index (χ1n) is 4.66. The van der Waals surface area contributed by atoms with Gasteiger partial charge in [-0.05, 0) is 30.3 Å². The van der Waals surface area contributed by atoms with Gasteiger partial charge >= 0.3 is 0 Å². The van der Waals surface area contributed by atoms with Gasteiger partial charge in [0.25, 0.3) is 5.91 Å². The molecule has 0 spiro atoms. The summed E-state index contributed by atoms with van der Waals surface area (Å²) >= 11 is 1.55. The van der Waals surface area contributed by atoms with Crippen LogP contribution in [0.1, 0.15) is 22.8 Å². The lowest BCUT2D eigenvalue weighted by atomic mass is 10.1. The predicted molar refractivity (Wildman–Crippen MR) is 66.9 cm³/mol. The summed E-state index contributed by atoms with van der Waals surface area (Å²) in [5.41, 5.74) is 7.27. The molecule has 0 radical (unpaired) electrons. The molecule has 1 unspecified atom stereocenters. The van der Waals surface area contributed by atoms with Crippen LogP contribution in [0, 0.1) is 12.8 Å². The number of rotatable bonds is 4. The van der Waals surface area contributed by atoms with Gasteiger partial charge in [-0.2, -0.15) is 11.3 Å². The molecule has 86 valence electrons. The fourth-order valence-corrected chi connectivity index (χ4v) is 1.87. The predicted octanol–water partition coefficient (Wildman–Crippen LogP) is 1.80. The summed E-state index contributed by atoms with van der Waals surface area (Å²) in [5, 5.41) is 6.71. The molecule has 0 aliphatic rings. The second kappa shape index (κ2) is 6.82. The highest BCUT2D eigenvalue weighted by Gasteiger charge is 2.09. The fourth-order valence-electron chi connectivity index (χ4n) is 1.04. The first-order valence-corrected chi connectivity index (χ1v) is 5.60. The van der Waals surface area contributed by atoms with Crippen LogP contribution in [0.4, 0.5) is 0 Å². The monoisotopic (exact) mass is 248 g/mol. The zero-order valence-electron chi connectivity index (χ0n) is 8.95. The van der Waals surface area contributed by atoms with Crippen LogP contribution in [-0.4, -0.2) is 19.0 Å². The molecule has 0 saturated heterocycles. The molecule has 15 heavy (non-hydrogen) atoms. The lowest BCUT2D eigenvalue weighted by Crippen LogP contribution is -2.31. The second-order valence-electron chi connectivity index (χ2n) is 3.52. The molecule has 0 aromatic carbocycles. The van der Waals surface area contributed by atoms with E-state index >= 15 is 0 Å². The first-order chi connectivity index (χ1) is 6.65. The summed E-state index contributed by atoms with van der Waals surface area (Å²) in [6.45, 7) is 5.20. The van der Waals surface area contributed by atoms with Crippen LogP contribution < -0.4 is 11.1 Å². The van der Waals surface area contributed by atoms with E-state index in [1.807, 2.05) is 24.6 Å². The number of nitrogens with two attached hydrogens (primary N) is 1. The van der Waals surface area contributed by atoms with Crippen molar-refractivity contribution in [3.05, 3.63) is 21.9 Å². The van der Waals surface area contributed by atoms with Gasteiger partial charge in [-0.25, -0.2) is 0 Å². The third-order valence-electron chi connectivity index (χ3n) is 2.11. The standard InChI is InChI=1S/C10H16N2OS.ClH/c1-7(3-11)4-12-10(13)9-6-14-5-8(9)2;/h5-7H,3-4,11H2,1-2H3,(H,12,13);1H. The van der Waals surface area contributed by atoms with Gasteiger partial charge in [-0.1, -0.05) is 6.92 Å². The largest absolute Gasteiger partial charge is 0.352 e. The topological polar surface area (TPSA) is 55.1 Å². The van der Waals surface area contributed by atoms with E-state index in [0.29, 0.717) is 19.0 Å². The van der Waals surface area contributed by atoms with Gasteiger partial charge in [0, 0.05) is 11.9 Å². The smallest absolute Gasteiger partial charge is 0.252 e. The Balaban J connectivity index is 0.00000196. The summed E-state index contributed by atoms with van der Waals surface area (Å²) in [4.78, 5) is 11.6. The molecule has 1 rings (SSSR count). The molecule has 1 heterocycles. The van der Waals surface area contributed by atoms with Crippen molar-refractivity contribution in [3.8, 4) is 0 Å². The van der Waals surface area contributed by atoms with Crippen molar-refractivity contribution in [2.24, 2.45) is 11.7 Å². The average Bonchev–Trinajstić information content (AvgIpc) is 2.60. The number of amides is 1. The van der Waals surface area contributed by atoms with Crippen LogP contribution in [-0.2, 0) is 0 Å². The normalized spacial score (nSPS) is 11.7. The van der Waals surface area contributed by atoms with E-state index in [0.717, 1.165) is 11.1 Å². The molecule has 0 bridgehead atoms. The summed E-state index contributed by atoms with van der Waals surface area (Å²) in [6, 6.07) is 0. The molecular weight excluding hydrogens is 232 g/mol. The number of carbonyl (C=O) groups is 1. The van der Waals surface area contributed by atoms with Crippen molar-refractivity contribution in [1.29, 1.82) is 0 Å². The summed E-state index contributed by atoms with van der Waals surface area (Å²) in [6.07, 6.45) is 0. The Kier molecular flexibility index (Phi) is 6.56. The Hall–Kier alpha value is -0.580. The number of carbonyl (C=O) groups excluding carboxylic acids is 1. The number of aryl methyl sites for hydroxylation is 1. The van der Waals surface area contributed by atoms with Gasteiger partial charge in [0.1, 0.15) is 0 Å². The molecule has 1 aromatic rings.